The second-order valence-corrected chi connectivity index (χ2v) is 3.39. The Morgan fingerprint density at radius 1 is 1.38 bits per heavy atom. The third-order valence-electron chi connectivity index (χ3n) is 1.63. The molecule has 0 saturated carbocycles. The third-order valence-corrected chi connectivity index (χ3v) is 1.63. The molecule has 1 nitrogen and oxygen atoms in total. The van der Waals surface area contributed by atoms with Crippen molar-refractivity contribution in [3.63, 3.8) is 0 Å². The monoisotopic (exact) mass is 196 g/mol. The van der Waals surface area contributed by atoms with Crippen molar-refractivity contribution in [2.24, 2.45) is 0 Å². The first-order valence-electron chi connectivity index (χ1n) is 4.08. The third kappa shape index (κ3) is 3.38. The van der Waals surface area contributed by atoms with E-state index in [1.807, 2.05) is 0 Å². The minimum Gasteiger partial charge on any atom is -0.363 e. The van der Waals surface area contributed by atoms with E-state index in [-0.39, 0.29) is 6.42 Å². The van der Waals surface area contributed by atoms with Gasteiger partial charge in [-0.15, -0.1) is 6.58 Å². The zero-order valence-corrected chi connectivity index (χ0v) is 8.11. The summed E-state index contributed by atoms with van der Waals surface area (Å²) in [6.45, 7) is 7.48. The molecule has 0 amide bonds. The second-order valence-electron chi connectivity index (χ2n) is 3.39. The fourth-order valence-electron chi connectivity index (χ4n) is 1.03. The quantitative estimate of drug-likeness (QED) is 0.627. The SMILES string of the molecule is C=CCC(C)(OC(C)C)C(F)(F)F. The van der Waals surface area contributed by atoms with E-state index in [0.29, 0.717) is 0 Å². The Labute approximate surface area is 76.6 Å². The van der Waals surface area contributed by atoms with Crippen LogP contribution in [-0.2, 0) is 4.74 Å². The van der Waals surface area contributed by atoms with Crippen molar-refractivity contribution in [2.45, 2.75) is 45.1 Å². The molecule has 0 aromatic heterocycles. The molecule has 0 radical (unpaired) electrons. The molecule has 0 fully saturated rings. The van der Waals surface area contributed by atoms with Crippen molar-refractivity contribution in [2.75, 3.05) is 0 Å². The van der Waals surface area contributed by atoms with Crippen LogP contribution in [0.2, 0.25) is 0 Å². The molecule has 0 aliphatic rings. The molecule has 13 heavy (non-hydrogen) atoms. The van der Waals surface area contributed by atoms with Crippen molar-refractivity contribution in [1.82, 2.24) is 0 Å². The lowest BCUT2D eigenvalue weighted by Crippen LogP contribution is -2.46. The number of hydrogen-bond donors (Lipinski definition) is 0. The van der Waals surface area contributed by atoms with Crippen molar-refractivity contribution < 1.29 is 17.9 Å². The number of alkyl halides is 3. The average molecular weight is 196 g/mol. The van der Waals surface area contributed by atoms with Gasteiger partial charge in [0.15, 0.2) is 5.60 Å². The van der Waals surface area contributed by atoms with Crippen LogP contribution in [0.15, 0.2) is 12.7 Å². The van der Waals surface area contributed by atoms with Crippen LogP contribution in [0.25, 0.3) is 0 Å². The van der Waals surface area contributed by atoms with Crippen molar-refractivity contribution >= 4 is 0 Å². The summed E-state index contributed by atoms with van der Waals surface area (Å²) in [5.41, 5.74) is -2.11. The summed E-state index contributed by atoms with van der Waals surface area (Å²) in [6.07, 6.45) is -3.82. The van der Waals surface area contributed by atoms with Gasteiger partial charge in [0.05, 0.1) is 6.10 Å². The minimum atomic E-state index is -4.36. The van der Waals surface area contributed by atoms with Crippen LogP contribution >= 0.6 is 0 Å². The number of rotatable bonds is 4. The Morgan fingerprint density at radius 2 is 1.85 bits per heavy atom. The highest BCUT2D eigenvalue weighted by molar-refractivity contribution is 4.91. The standard InChI is InChI=1S/C9H15F3O/c1-5-6-8(4,9(10,11)12)13-7(2)3/h5,7H,1,6H2,2-4H3. The van der Waals surface area contributed by atoms with Crippen molar-refractivity contribution in [1.29, 1.82) is 0 Å². The highest BCUT2D eigenvalue weighted by atomic mass is 19.4. The maximum Gasteiger partial charge on any atom is 0.417 e. The van der Waals surface area contributed by atoms with Crippen molar-refractivity contribution in [3.05, 3.63) is 12.7 Å². The maximum atomic E-state index is 12.5. The van der Waals surface area contributed by atoms with E-state index < -0.39 is 17.9 Å². The molecule has 0 saturated heterocycles. The molecule has 4 heteroatoms. The summed E-state index contributed by atoms with van der Waals surface area (Å²) in [5.74, 6) is 0. The van der Waals surface area contributed by atoms with E-state index in [4.69, 9.17) is 4.74 Å². The van der Waals surface area contributed by atoms with Gasteiger partial charge in [-0.2, -0.15) is 13.2 Å². The summed E-state index contributed by atoms with van der Waals surface area (Å²) in [7, 11) is 0. The van der Waals surface area contributed by atoms with Gasteiger partial charge in [0, 0.05) is 6.42 Å². The fourth-order valence-corrected chi connectivity index (χ4v) is 1.03. The summed E-state index contributed by atoms with van der Waals surface area (Å²) in [6, 6.07) is 0. The highest BCUT2D eigenvalue weighted by Gasteiger charge is 2.51. The van der Waals surface area contributed by atoms with Crippen LogP contribution < -0.4 is 0 Å². The lowest BCUT2D eigenvalue weighted by Gasteiger charge is -2.32. The van der Waals surface area contributed by atoms with E-state index in [0.717, 1.165) is 6.92 Å². The zero-order valence-electron chi connectivity index (χ0n) is 8.11. The molecule has 0 heterocycles. The first-order valence-corrected chi connectivity index (χ1v) is 4.08. The van der Waals surface area contributed by atoms with Crippen LogP contribution in [0, 0.1) is 0 Å². The fraction of sp³-hybridized carbons (Fsp3) is 0.778. The second kappa shape index (κ2) is 4.13. The smallest absolute Gasteiger partial charge is 0.363 e. The molecule has 0 bridgehead atoms. The van der Waals surface area contributed by atoms with Gasteiger partial charge in [0.1, 0.15) is 0 Å². The number of halogens is 3. The molecule has 1 unspecified atom stereocenters. The van der Waals surface area contributed by atoms with Gasteiger partial charge in [-0.05, 0) is 20.8 Å². The van der Waals surface area contributed by atoms with E-state index in [1.165, 1.54) is 6.08 Å². The normalized spacial score (nSPS) is 17.2. The van der Waals surface area contributed by atoms with Crippen LogP contribution in [0.4, 0.5) is 13.2 Å². The molecule has 0 N–H and O–H groups in total. The Balaban J connectivity index is 4.62. The molecule has 0 aromatic carbocycles. The first-order chi connectivity index (χ1) is 5.73. The van der Waals surface area contributed by atoms with Crippen LogP contribution in [-0.4, -0.2) is 17.9 Å². The molecule has 0 spiro atoms. The van der Waals surface area contributed by atoms with Gasteiger partial charge in [-0.3, -0.25) is 0 Å². The molecule has 0 rings (SSSR count). The average Bonchev–Trinajstić information content (AvgIpc) is 1.82. The predicted octanol–water partition coefficient (Wildman–Crippen LogP) is 3.31. The molecule has 78 valence electrons. The van der Waals surface area contributed by atoms with Gasteiger partial charge in [-0.1, -0.05) is 6.08 Å². The summed E-state index contributed by atoms with van der Waals surface area (Å²) < 4.78 is 42.3. The minimum absolute atomic E-state index is 0.228. The molecular weight excluding hydrogens is 181 g/mol. The first kappa shape index (κ1) is 12.5. The topological polar surface area (TPSA) is 9.23 Å². The van der Waals surface area contributed by atoms with Gasteiger partial charge in [0.2, 0.25) is 0 Å². The van der Waals surface area contributed by atoms with Gasteiger partial charge >= 0.3 is 6.18 Å². The molecule has 1 atom stereocenters. The summed E-state index contributed by atoms with van der Waals surface area (Å²) in [4.78, 5) is 0. The Bertz CT molecular complexity index is 174. The molecule has 0 aliphatic carbocycles. The van der Waals surface area contributed by atoms with Gasteiger partial charge < -0.3 is 4.74 Å². The molecule has 0 aromatic rings. The summed E-state index contributed by atoms with van der Waals surface area (Å²) in [5, 5.41) is 0. The Kier molecular flexibility index (Phi) is 3.97. The van der Waals surface area contributed by atoms with E-state index in [1.54, 1.807) is 13.8 Å². The van der Waals surface area contributed by atoms with Gasteiger partial charge in [0.25, 0.3) is 0 Å². The Morgan fingerprint density at radius 3 is 2.08 bits per heavy atom. The lowest BCUT2D eigenvalue weighted by molar-refractivity contribution is -0.279. The lowest BCUT2D eigenvalue weighted by atomic mass is 10.0. The van der Waals surface area contributed by atoms with Crippen molar-refractivity contribution in [3.8, 4) is 0 Å². The number of hydrogen-bond acceptors (Lipinski definition) is 1. The van der Waals surface area contributed by atoms with Crippen LogP contribution in [0.5, 0.6) is 0 Å². The summed E-state index contributed by atoms with van der Waals surface area (Å²) >= 11 is 0. The Hall–Kier alpha value is -0.510. The van der Waals surface area contributed by atoms with Crippen LogP contribution in [0.1, 0.15) is 27.2 Å². The van der Waals surface area contributed by atoms with E-state index in [9.17, 15) is 13.2 Å². The molecule has 0 aliphatic heterocycles. The molecular formula is C9H15F3O. The number of ether oxygens (including phenoxy) is 1. The zero-order chi connectivity index (χ0) is 10.7. The van der Waals surface area contributed by atoms with Gasteiger partial charge in [-0.25, -0.2) is 0 Å². The highest BCUT2D eigenvalue weighted by Crippen LogP contribution is 2.37. The largest absolute Gasteiger partial charge is 0.417 e. The van der Waals surface area contributed by atoms with E-state index >= 15 is 0 Å². The maximum absolute atomic E-state index is 12.5. The predicted molar refractivity (Wildman–Crippen MR) is 45.5 cm³/mol. The van der Waals surface area contributed by atoms with Crippen LogP contribution in [0.3, 0.4) is 0 Å². The van der Waals surface area contributed by atoms with E-state index in [2.05, 4.69) is 6.58 Å².